The lowest BCUT2D eigenvalue weighted by Gasteiger charge is -2.13. The highest BCUT2D eigenvalue weighted by Crippen LogP contribution is 2.14. The van der Waals surface area contributed by atoms with Crippen LogP contribution < -0.4 is 15.5 Å². The molecule has 0 aliphatic heterocycles. The first-order valence-electron chi connectivity index (χ1n) is 7.75. The number of nitrogens with zero attached hydrogens (tertiary/aromatic N) is 3. The van der Waals surface area contributed by atoms with E-state index in [2.05, 4.69) is 20.6 Å². The number of nitrogens with one attached hydrogen (secondary N) is 2. The standard InChI is InChI=1S/C17H21N5O3/c1-11-9-14(22(2)3)20-16(18-11)21-17(25)19-13-6-4-5-12(10-13)7-8-15(23)24/h4-6,9-10H,7-8H2,1-3H3,(H,23,24)(H2,18,19,20,21,25). The fraction of sp³-hybridized carbons (Fsp3) is 0.294. The van der Waals surface area contributed by atoms with E-state index in [4.69, 9.17) is 5.11 Å². The van der Waals surface area contributed by atoms with Gasteiger partial charge in [0.15, 0.2) is 0 Å². The topological polar surface area (TPSA) is 107 Å². The van der Waals surface area contributed by atoms with Crippen molar-refractivity contribution in [1.82, 2.24) is 9.97 Å². The van der Waals surface area contributed by atoms with Crippen molar-refractivity contribution in [3.63, 3.8) is 0 Å². The number of amides is 2. The van der Waals surface area contributed by atoms with Crippen molar-refractivity contribution in [2.24, 2.45) is 0 Å². The first kappa shape index (κ1) is 18.2. The Bertz CT molecular complexity index is 777. The molecule has 0 fully saturated rings. The van der Waals surface area contributed by atoms with Crippen LogP contribution in [0.25, 0.3) is 0 Å². The molecular weight excluding hydrogens is 322 g/mol. The Labute approximate surface area is 145 Å². The van der Waals surface area contributed by atoms with Gasteiger partial charge >= 0.3 is 12.0 Å². The molecule has 2 aromatic rings. The van der Waals surface area contributed by atoms with Gasteiger partial charge in [-0.3, -0.25) is 10.1 Å². The molecule has 132 valence electrons. The number of hydrogen-bond donors (Lipinski definition) is 3. The number of benzene rings is 1. The van der Waals surface area contributed by atoms with E-state index in [1.54, 1.807) is 18.2 Å². The van der Waals surface area contributed by atoms with Gasteiger partial charge in [0.05, 0.1) is 0 Å². The summed E-state index contributed by atoms with van der Waals surface area (Å²) in [7, 11) is 3.71. The molecule has 0 aliphatic rings. The number of carboxylic acids is 1. The van der Waals surface area contributed by atoms with Gasteiger partial charge in [-0.15, -0.1) is 0 Å². The van der Waals surface area contributed by atoms with Crippen LogP contribution in [0.3, 0.4) is 0 Å². The van der Waals surface area contributed by atoms with Gasteiger partial charge in [0.1, 0.15) is 5.82 Å². The van der Waals surface area contributed by atoms with Gasteiger partial charge < -0.3 is 15.3 Å². The molecule has 0 saturated heterocycles. The van der Waals surface area contributed by atoms with Crippen LogP contribution in [0.2, 0.25) is 0 Å². The molecular formula is C17H21N5O3. The predicted octanol–water partition coefficient (Wildman–Crippen LogP) is 2.51. The highest BCUT2D eigenvalue weighted by molar-refractivity contribution is 5.98. The summed E-state index contributed by atoms with van der Waals surface area (Å²) >= 11 is 0. The minimum Gasteiger partial charge on any atom is -0.481 e. The van der Waals surface area contributed by atoms with E-state index < -0.39 is 12.0 Å². The third-order valence-electron chi connectivity index (χ3n) is 3.34. The second-order valence-electron chi connectivity index (χ2n) is 5.76. The molecule has 1 heterocycles. The number of aryl methyl sites for hydroxylation is 2. The Balaban J connectivity index is 2.03. The number of anilines is 3. The van der Waals surface area contributed by atoms with Gasteiger partial charge in [0.25, 0.3) is 0 Å². The molecule has 8 nitrogen and oxygen atoms in total. The van der Waals surface area contributed by atoms with Crippen LogP contribution >= 0.6 is 0 Å². The minimum absolute atomic E-state index is 0.0418. The van der Waals surface area contributed by atoms with E-state index in [0.717, 1.165) is 11.3 Å². The van der Waals surface area contributed by atoms with Crippen LogP contribution in [0.1, 0.15) is 17.7 Å². The summed E-state index contributed by atoms with van der Waals surface area (Å²) < 4.78 is 0. The lowest BCUT2D eigenvalue weighted by Crippen LogP contribution is -2.22. The van der Waals surface area contributed by atoms with E-state index in [1.807, 2.05) is 38.1 Å². The smallest absolute Gasteiger partial charge is 0.326 e. The van der Waals surface area contributed by atoms with Crippen LogP contribution in [-0.4, -0.2) is 41.2 Å². The third-order valence-corrected chi connectivity index (χ3v) is 3.34. The molecule has 0 radical (unpaired) electrons. The fourth-order valence-electron chi connectivity index (χ4n) is 2.16. The van der Waals surface area contributed by atoms with Gasteiger partial charge in [0, 0.05) is 38.0 Å². The zero-order chi connectivity index (χ0) is 18.4. The maximum absolute atomic E-state index is 12.1. The molecule has 0 saturated carbocycles. The molecule has 25 heavy (non-hydrogen) atoms. The van der Waals surface area contributed by atoms with E-state index in [9.17, 15) is 9.59 Å². The number of carboxylic acid groups (broad SMARTS) is 1. The Morgan fingerprint density at radius 3 is 2.60 bits per heavy atom. The maximum Gasteiger partial charge on any atom is 0.326 e. The number of carbonyl (C=O) groups is 2. The molecule has 0 spiro atoms. The lowest BCUT2D eigenvalue weighted by atomic mass is 10.1. The number of rotatable bonds is 6. The van der Waals surface area contributed by atoms with Crippen molar-refractivity contribution < 1.29 is 14.7 Å². The quantitative estimate of drug-likeness (QED) is 0.744. The SMILES string of the molecule is Cc1cc(N(C)C)nc(NC(=O)Nc2cccc(CCC(=O)O)c2)n1. The number of aliphatic carboxylic acids is 1. The van der Waals surface area contributed by atoms with E-state index in [-0.39, 0.29) is 12.4 Å². The normalized spacial score (nSPS) is 10.2. The molecule has 0 aliphatic carbocycles. The molecule has 8 heteroatoms. The Morgan fingerprint density at radius 2 is 1.92 bits per heavy atom. The Kier molecular flexibility index (Phi) is 5.89. The van der Waals surface area contributed by atoms with Crippen LogP contribution in [0.15, 0.2) is 30.3 Å². The van der Waals surface area contributed by atoms with Crippen LogP contribution in [-0.2, 0) is 11.2 Å². The molecule has 3 N–H and O–H groups in total. The van der Waals surface area contributed by atoms with Crippen molar-refractivity contribution in [3.05, 3.63) is 41.6 Å². The molecule has 0 unspecified atom stereocenters. The molecule has 1 aromatic heterocycles. The molecule has 0 atom stereocenters. The predicted molar refractivity (Wildman–Crippen MR) is 96.1 cm³/mol. The zero-order valence-electron chi connectivity index (χ0n) is 14.4. The van der Waals surface area contributed by atoms with Crippen molar-refractivity contribution in [2.75, 3.05) is 29.6 Å². The van der Waals surface area contributed by atoms with Crippen molar-refractivity contribution in [2.45, 2.75) is 19.8 Å². The first-order valence-corrected chi connectivity index (χ1v) is 7.75. The average Bonchev–Trinajstić information content (AvgIpc) is 2.52. The number of carbonyl (C=O) groups excluding carboxylic acids is 1. The van der Waals surface area contributed by atoms with E-state index >= 15 is 0 Å². The van der Waals surface area contributed by atoms with Gasteiger partial charge in [-0.25, -0.2) is 9.78 Å². The van der Waals surface area contributed by atoms with Crippen LogP contribution in [0.4, 0.5) is 22.2 Å². The summed E-state index contributed by atoms with van der Waals surface area (Å²) in [6.07, 6.45) is 0.444. The van der Waals surface area contributed by atoms with E-state index in [0.29, 0.717) is 17.9 Å². The fourth-order valence-corrected chi connectivity index (χ4v) is 2.16. The second kappa shape index (κ2) is 8.09. The molecule has 2 rings (SSSR count). The van der Waals surface area contributed by atoms with Crippen LogP contribution in [0.5, 0.6) is 0 Å². The molecule has 0 bridgehead atoms. The molecule has 1 aromatic carbocycles. The van der Waals surface area contributed by atoms with Gasteiger partial charge in [0.2, 0.25) is 5.95 Å². The van der Waals surface area contributed by atoms with Gasteiger partial charge in [-0.05, 0) is 31.0 Å². The average molecular weight is 343 g/mol. The van der Waals surface area contributed by atoms with Gasteiger partial charge in [-0.1, -0.05) is 12.1 Å². The monoisotopic (exact) mass is 343 g/mol. The maximum atomic E-state index is 12.1. The second-order valence-corrected chi connectivity index (χ2v) is 5.76. The summed E-state index contributed by atoms with van der Waals surface area (Å²) in [5.74, 6) is 0.0473. The van der Waals surface area contributed by atoms with E-state index in [1.165, 1.54) is 0 Å². The van der Waals surface area contributed by atoms with Crippen LogP contribution in [0, 0.1) is 6.92 Å². The summed E-state index contributed by atoms with van der Waals surface area (Å²) in [6, 6.07) is 8.40. The highest BCUT2D eigenvalue weighted by atomic mass is 16.4. The summed E-state index contributed by atoms with van der Waals surface area (Å²) in [5.41, 5.74) is 2.15. The number of urea groups is 1. The van der Waals surface area contributed by atoms with Crippen molar-refractivity contribution in [1.29, 1.82) is 0 Å². The first-order chi connectivity index (χ1) is 11.8. The zero-order valence-corrected chi connectivity index (χ0v) is 14.4. The lowest BCUT2D eigenvalue weighted by molar-refractivity contribution is -0.136. The number of aromatic nitrogens is 2. The Morgan fingerprint density at radius 1 is 1.16 bits per heavy atom. The summed E-state index contributed by atoms with van der Waals surface area (Å²) in [5, 5.41) is 14.0. The van der Waals surface area contributed by atoms with Crippen molar-refractivity contribution in [3.8, 4) is 0 Å². The third kappa shape index (κ3) is 5.76. The largest absolute Gasteiger partial charge is 0.481 e. The Hall–Kier alpha value is -3.16. The number of hydrogen-bond acceptors (Lipinski definition) is 5. The molecule has 2 amide bonds. The summed E-state index contributed by atoms with van der Waals surface area (Å²) in [4.78, 5) is 33.1. The minimum atomic E-state index is -0.857. The summed E-state index contributed by atoms with van der Waals surface area (Å²) in [6.45, 7) is 1.82. The highest BCUT2D eigenvalue weighted by Gasteiger charge is 2.09. The van der Waals surface area contributed by atoms with Crippen molar-refractivity contribution >= 4 is 29.5 Å². The van der Waals surface area contributed by atoms with Gasteiger partial charge in [-0.2, -0.15) is 4.98 Å².